The zero-order chi connectivity index (χ0) is 11.3. The van der Waals surface area contributed by atoms with E-state index in [1.807, 2.05) is 6.92 Å². The van der Waals surface area contributed by atoms with Crippen molar-refractivity contribution in [1.82, 2.24) is 20.2 Å². The zero-order valence-electron chi connectivity index (χ0n) is 8.75. The Hall–Kier alpha value is -1.11. The predicted molar refractivity (Wildman–Crippen MR) is 55.6 cm³/mol. The molecule has 1 aromatic heterocycles. The number of hydrogen-bond acceptors (Lipinski definition) is 5. The van der Waals surface area contributed by atoms with Crippen LogP contribution in [0.25, 0.3) is 0 Å². The van der Waals surface area contributed by atoms with Crippen LogP contribution in [0.5, 0.6) is 0 Å². The first-order valence-corrected chi connectivity index (χ1v) is 5.65. The van der Waals surface area contributed by atoms with Gasteiger partial charge in [-0.15, -0.1) is 5.10 Å². The molecule has 0 amide bonds. The van der Waals surface area contributed by atoms with Gasteiger partial charge in [0.2, 0.25) is 5.16 Å². The topological polar surface area (TPSA) is 80.9 Å². The van der Waals surface area contributed by atoms with Crippen LogP contribution in [-0.4, -0.2) is 36.5 Å². The Balaban J connectivity index is 2.59. The van der Waals surface area contributed by atoms with Crippen LogP contribution in [0.3, 0.4) is 0 Å². The third-order valence-corrected chi connectivity index (χ3v) is 3.20. The van der Waals surface area contributed by atoms with Gasteiger partial charge in [-0.3, -0.25) is 4.79 Å². The Bertz CT molecular complexity index is 328. The van der Waals surface area contributed by atoms with E-state index in [9.17, 15) is 4.79 Å². The lowest BCUT2D eigenvalue weighted by Gasteiger charge is -2.09. The van der Waals surface area contributed by atoms with Crippen molar-refractivity contribution in [3.8, 4) is 0 Å². The number of carbonyl (C=O) groups is 1. The Morgan fingerprint density at radius 1 is 1.67 bits per heavy atom. The lowest BCUT2D eigenvalue weighted by Crippen LogP contribution is -2.17. The second-order valence-corrected chi connectivity index (χ2v) is 4.34. The Morgan fingerprint density at radius 2 is 2.40 bits per heavy atom. The quantitative estimate of drug-likeness (QED) is 0.733. The molecule has 0 fully saturated rings. The largest absolute Gasteiger partial charge is 0.480 e. The molecule has 0 bridgehead atoms. The standard InChI is InChI=1S/C8H14N4O2S/c1-3-4-5-6(7(13)14)15-8-9-10-11-12(8)2/h6H,3-5H2,1-2H3,(H,13,14). The minimum atomic E-state index is -0.809. The van der Waals surface area contributed by atoms with Gasteiger partial charge in [-0.1, -0.05) is 31.5 Å². The number of hydrogen-bond donors (Lipinski definition) is 1. The Kier molecular flexibility index (Phi) is 4.54. The van der Waals surface area contributed by atoms with Gasteiger partial charge < -0.3 is 5.11 Å². The van der Waals surface area contributed by atoms with Gasteiger partial charge in [0.25, 0.3) is 0 Å². The molecule has 0 aromatic carbocycles. The van der Waals surface area contributed by atoms with Gasteiger partial charge in [0.05, 0.1) is 0 Å². The average molecular weight is 230 g/mol. The van der Waals surface area contributed by atoms with Crippen LogP contribution >= 0.6 is 11.8 Å². The van der Waals surface area contributed by atoms with Crippen molar-refractivity contribution in [3.63, 3.8) is 0 Å². The van der Waals surface area contributed by atoms with Gasteiger partial charge >= 0.3 is 5.97 Å². The smallest absolute Gasteiger partial charge is 0.317 e. The molecular weight excluding hydrogens is 216 g/mol. The number of aromatic nitrogens is 4. The Morgan fingerprint density at radius 3 is 2.87 bits per heavy atom. The van der Waals surface area contributed by atoms with Crippen molar-refractivity contribution in [3.05, 3.63) is 0 Å². The summed E-state index contributed by atoms with van der Waals surface area (Å²) in [6.45, 7) is 2.04. The lowest BCUT2D eigenvalue weighted by atomic mass is 10.2. The van der Waals surface area contributed by atoms with E-state index < -0.39 is 11.2 Å². The summed E-state index contributed by atoms with van der Waals surface area (Å²) in [6, 6.07) is 0. The maximum absolute atomic E-state index is 10.9. The summed E-state index contributed by atoms with van der Waals surface area (Å²) in [7, 11) is 1.70. The molecule has 7 heteroatoms. The maximum Gasteiger partial charge on any atom is 0.317 e. The predicted octanol–water partition coefficient (Wildman–Crippen LogP) is 0.946. The number of rotatable bonds is 6. The van der Waals surface area contributed by atoms with E-state index in [1.54, 1.807) is 7.05 Å². The Labute approximate surface area is 92.0 Å². The van der Waals surface area contributed by atoms with Crippen molar-refractivity contribution in [2.45, 2.75) is 36.6 Å². The molecule has 1 heterocycles. The van der Waals surface area contributed by atoms with Gasteiger partial charge in [0, 0.05) is 7.05 Å². The van der Waals surface area contributed by atoms with Crippen molar-refractivity contribution in [1.29, 1.82) is 0 Å². The zero-order valence-corrected chi connectivity index (χ0v) is 9.57. The van der Waals surface area contributed by atoms with Gasteiger partial charge in [0.1, 0.15) is 5.25 Å². The second-order valence-electron chi connectivity index (χ2n) is 3.17. The van der Waals surface area contributed by atoms with Crippen LogP contribution in [0.15, 0.2) is 5.16 Å². The van der Waals surface area contributed by atoms with Gasteiger partial charge in [0.15, 0.2) is 0 Å². The fourth-order valence-corrected chi connectivity index (χ4v) is 1.98. The van der Waals surface area contributed by atoms with Gasteiger partial charge in [-0.25, -0.2) is 4.68 Å². The molecule has 6 nitrogen and oxygen atoms in total. The monoisotopic (exact) mass is 230 g/mol. The third kappa shape index (κ3) is 3.50. The van der Waals surface area contributed by atoms with Crippen LogP contribution in [0.4, 0.5) is 0 Å². The third-order valence-electron chi connectivity index (χ3n) is 1.92. The number of carboxylic acid groups (broad SMARTS) is 1. The van der Waals surface area contributed by atoms with Crippen molar-refractivity contribution < 1.29 is 9.90 Å². The number of aryl methyl sites for hydroxylation is 1. The highest BCUT2D eigenvalue weighted by molar-refractivity contribution is 8.00. The van der Waals surface area contributed by atoms with E-state index >= 15 is 0 Å². The molecule has 0 saturated carbocycles. The minimum absolute atomic E-state index is 0.463. The van der Waals surface area contributed by atoms with Gasteiger partial charge in [-0.05, 0) is 16.8 Å². The summed E-state index contributed by atoms with van der Waals surface area (Å²) in [5.74, 6) is -0.809. The molecule has 1 aromatic rings. The van der Waals surface area contributed by atoms with E-state index in [4.69, 9.17) is 5.11 Å². The number of tetrazole rings is 1. The highest BCUT2D eigenvalue weighted by Gasteiger charge is 2.20. The second kappa shape index (κ2) is 5.69. The SMILES string of the molecule is CCCCC(Sc1nnnn1C)C(=O)O. The first-order valence-electron chi connectivity index (χ1n) is 4.77. The van der Waals surface area contributed by atoms with E-state index in [1.165, 1.54) is 16.4 Å². The number of thioether (sulfide) groups is 1. The van der Waals surface area contributed by atoms with Crippen molar-refractivity contribution >= 4 is 17.7 Å². The molecule has 0 radical (unpaired) electrons. The van der Waals surface area contributed by atoms with Crippen molar-refractivity contribution in [2.24, 2.45) is 7.05 Å². The van der Waals surface area contributed by atoms with Crippen LogP contribution in [0.1, 0.15) is 26.2 Å². The number of nitrogens with zero attached hydrogens (tertiary/aromatic N) is 4. The maximum atomic E-state index is 10.9. The van der Waals surface area contributed by atoms with Crippen molar-refractivity contribution in [2.75, 3.05) is 0 Å². The molecule has 1 unspecified atom stereocenters. The molecule has 0 aliphatic rings. The molecule has 1 N–H and O–H groups in total. The average Bonchev–Trinajstić information content (AvgIpc) is 2.58. The summed E-state index contributed by atoms with van der Waals surface area (Å²) in [6.07, 6.45) is 2.53. The van der Waals surface area contributed by atoms with E-state index in [0.717, 1.165) is 12.8 Å². The molecular formula is C8H14N4O2S. The fraction of sp³-hybridized carbons (Fsp3) is 0.750. The number of carboxylic acids is 1. The number of aliphatic carboxylic acids is 1. The van der Waals surface area contributed by atoms with E-state index in [2.05, 4.69) is 15.5 Å². The van der Waals surface area contributed by atoms with Gasteiger partial charge in [-0.2, -0.15) is 0 Å². The molecule has 84 valence electrons. The lowest BCUT2D eigenvalue weighted by molar-refractivity contribution is -0.136. The first kappa shape index (κ1) is 12.0. The number of unbranched alkanes of at least 4 members (excludes halogenated alkanes) is 1. The molecule has 0 saturated heterocycles. The molecule has 0 spiro atoms. The minimum Gasteiger partial charge on any atom is -0.480 e. The normalized spacial score (nSPS) is 12.7. The van der Waals surface area contributed by atoms with Crippen LogP contribution < -0.4 is 0 Å². The molecule has 15 heavy (non-hydrogen) atoms. The summed E-state index contributed by atoms with van der Waals surface area (Å²) in [5.41, 5.74) is 0. The molecule has 0 aliphatic heterocycles. The van der Waals surface area contributed by atoms with E-state index in [-0.39, 0.29) is 0 Å². The summed E-state index contributed by atoms with van der Waals surface area (Å²) >= 11 is 1.20. The highest BCUT2D eigenvalue weighted by Crippen LogP contribution is 2.23. The summed E-state index contributed by atoms with van der Waals surface area (Å²) < 4.78 is 1.48. The van der Waals surface area contributed by atoms with E-state index in [0.29, 0.717) is 11.6 Å². The summed E-state index contributed by atoms with van der Waals surface area (Å²) in [4.78, 5) is 10.9. The van der Waals surface area contributed by atoms with Crippen LogP contribution in [0, 0.1) is 0 Å². The first-order chi connectivity index (χ1) is 7.15. The molecule has 0 aliphatic carbocycles. The molecule has 1 atom stereocenters. The molecule has 1 rings (SSSR count). The summed E-state index contributed by atoms with van der Waals surface area (Å²) in [5, 5.41) is 19.9. The van der Waals surface area contributed by atoms with Crippen LogP contribution in [-0.2, 0) is 11.8 Å². The highest BCUT2D eigenvalue weighted by atomic mass is 32.2. The van der Waals surface area contributed by atoms with Crippen LogP contribution in [0.2, 0.25) is 0 Å². The fourth-order valence-electron chi connectivity index (χ4n) is 1.07.